The van der Waals surface area contributed by atoms with Gasteiger partial charge in [0.1, 0.15) is 6.33 Å². The Hall–Kier alpha value is -2.24. The van der Waals surface area contributed by atoms with Crippen molar-refractivity contribution in [3.05, 3.63) is 41.2 Å². The molecule has 1 saturated heterocycles. The lowest BCUT2D eigenvalue weighted by Crippen LogP contribution is -2.39. The quantitative estimate of drug-likeness (QED) is 0.938. The van der Waals surface area contributed by atoms with Gasteiger partial charge < -0.3 is 4.90 Å². The van der Waals surface area contributed by atoms with Crippen LogP contribution in [0.3, 0.4) is 0 Å². The van der Waals surface area contributed by atoms with E-state index in [9.17, 15) is 4.79 Å². The molecule has 6 heteroatoms. The van der Waals surface area contributed by atoms with Crippen molar-refractivity contribution in [2.75, 3.05) is 13.1 Å². The molecule has 6 nitrogen and oxygen atoms in total. The van der Waals surface area contributed by atoms with E-state index in [4.69, 9.17) is 0 Å². The van der Waals surface area contributed by atoms with Crippen LogP contribution in [0.5, 0.6) is 0 Å². The molecule has 2 aromatic rings. The van der Waals surface area contributed by atoms with Crippen LogP contribution in [0.25, 0.3) is 0 Å². The predicted octanol–water partition coefficient (Wildman–Crippen LogP) is 2.16. The number of amides is 1. The third kappa shape index (κ3) is 3.57. The summed E-state index contributed by atoms with van der Waals surface area (Å²) in [5.41, 5.74) is 4.28. The summed E-state index contributed by atoms with van der Waals surface area (Å²) in [5, 5.41) is 7.26. The number of aromatic nitrogens is 4. The molecule has 122 valence electrons. The molecule has 3 rings (SSSR count). The van der Waals surface area contributed by atoms with Gasteiger partial charge in [0.15, 0.2) is 0 Å². The minimum absolute atomic E-state index is 0.212. The average molecular weight is 313 g/mol. The van der Waals surface area contributed by atoms with Gasteiger partial charge in [0.2, 0.25) is 5.91 Å². The fourth-order valence-corrected chi connectivity index (χ4v) is 3.15. The first kappa shape index (κ1) is 15.6. The molecule has 1 atom stereocenters. The highest BCUT2D eigenvalue weighted by Crippen LogP contribution is 2.25. The normalized spacial score (nSPS) is 18.2. The Bertz CT molecular complexity index is 667. The monoisotopic (exact) mass is 313 g/mol. The summed E-state index contributed by atoms with van der Waals surface area (Å²) in [6.07, 6.45) is 6.68. The fraction of sp³-hybridized carbons (Fsp3) is 0.529. The van der Waals surface area contributed by atoms with Gasteiger partial charge in [-0.3, -0.25) is 9.89 Å². The van der Waals surface area contributed by atoms with E-state index in [-0.39, 0.29) is 5.91 Å². The third-order valence-electron chi connectivity index (χ3n) is 4.73. The smallest absolute Gasteiger partial charge is 0.222 e. The molecule has 0 bridgehead atoms. The van der Waals surface area contributed by atoms with Gasteiger partial charge in [-0.15, -0.1) is 0 Å². The second kappa shape index (κ2) is 6.89. The number of carbonyl (C=O) groups is 1. The van der Waals surface area contributed by atoms with Gasteiger partial charge in [0.25, 0.3) is 0 Å². The van der Waals surface area contributed by atoms with Gasteiger partial charge in [-0.2, -0.15) is 5.10 Å². The molecule has 1 aliphatic heterocycles. The lowest BCUT2D eigenvalue weighted by Gasteiger charge is -2.32. The first-order valence-electron chi connectivity index (χ1n) is 8.19. The summed E-state index contributed by atoms with van der Waals surface area (Å²) in [5.74, 6) is 0.536. The summed E-state index contributed by atoms with van der Waals surface area (Å²) < 4.78 is 0. The molecule has 1 N–H and O–H groups in total. The second-order valence-corrected chi connectivity index (χ2v) is 6.23. The number of H-pyrrole nitrogens is 1. The summed E-state index contributed by atoms with van der Waals surface area (Å²) >= 11 is 0. The van der Waals surface area contributed by atoms with Gasteiger partial charge >= 0.3 is 0 Å². The van der Waals surface area contributed by atoms with E-state index >= 15 is 0 Å². The lowest BCUT2D eigenvalue weighted by molar-refractivity contribution is -0.132. The van der Waals surface area contributed by atoms with Crippen molar-refractivity contribution in [1.29, 1.82) is 0 Å². The summed E-state index contributed by atoms with van der Waals surface area (Å²) in [6, 6.07) is 1.95. The van der Waals surface area contributed by atoms with E-state index in [0.717, 1.165) is 48.6 Å². The highest BCUT2D eigenvalue weighted by Gasteiger charge is 2.25. The molecule has 0 saturated carbocycles. The summed E-state index contributed by atoms with van der Waals surface area (Å²) in [4.78, 5) is 22.8. The number of piperidine rings is 1. The largest absolute Gasteiger partial charge is 0.342 e. The minimum atomic E-state index is 0.212. The zero-order valence-electron chi connectivity index (χ0n) is 13.7. The number of hydrogen-bond acceptors (Lipinski definition) is 4. The number of nitrogens with one attached hydrogen (secondary N) is 1. The maximum atomic E-state index is 12.5. The van der Waals surface area contributed by atoms with Crippen LogP contribution in [0.4, 0.5) is 0 Å². The van der Waals surface area contributed by atoms with Crippen molar-refractivity contribution in [1.82, 2.24) is 25.1 Å². The maximum absolute atomic E-state index is 12.5. The van der Waals surface area contributed by atoms with Crippen LogP contribution in [0.1, 0.15) is 47.8 Å². The highest BCUT2D eigenvalue weighted by molar-refractivity contribution is 5.76. The van der Waals surface area contributed by atoms with Gasteiger partial charge in [-0.05, 0) is 38.3 Å². The Morgan fingerprint density at radius 1 is 1.43 bits per heavy atom. The molecule has 0 aliphatic carbocycles. The molecule has 0 aromatic carbocycles. The van der Waals surface area contributed by atoms with Crippen LogP contribution in [0, 0.1) is 13.8 Å². The zero-order chi connectivity index (χ0) is 16.2. The van der Waals surface area contributed by atoms with Gasteiger partial charge in [0, 0.05) is 49.4 Å². The van der Waals surface area contributed by atoms with Crippen LogP contribution < -0.4 is 0 Å². The molecular weight excluding hydrogens is 290 g/mol. The lowest BCUT2D eigenvalue weighted by atomic mass is 9.94. The Labute approximate surface area is 136 Å². The van der Waals surface area contributed by atoms with Crippen LogP contribution in [-0.4, -0.2) is 44.1 Å². The number of hydrogen-bond donors (Lipinski definition) is 1. The molecule has 3 heterocycles. The Morgan fingerprint density at radius 2 is 2.30 bits per heavy atom. The van der Waals surface area contributed by atoms with Crippen molar-refractivity contribution in [2.45, 2.75) is 45.4 Å². The van der Waals surface area contributed by atoms with E-state index in [1.54, 1.807) is 12.5 Å². The third-order valence-corrected chi connectivity index (χ3v) is 4.73. The SMILES string of the molecule is Cc1[nH]nc(CCC(=O)N2CCC[C@H](c3ccncn3)C2)c1C. The number of aromatic amines is 1. The molecule has 0 radical (unpaired) electrons. The number of likely N-dealkylation sites (tertiary alicyclic amines) is 1. The average Bonchev–Trinajstić information content (AvgIpc) is 2.92. The topological polar surface area (TPSA) is 74.8 Å². The van der Waals surface area contributed by atoms with E-state index in [2.05, 4.69) is 20.2 Å². The number of rotatable bonds is 4. The van der Waals surface area contributed by atoms with E-state index in [1.807, 2.05) is 24.8 Å². The molecule has 1 aliphatic rings. The number of nitrogens with zero attached hydrogens (tertiary/aromatic N) is 4. The second-order valence-electron chi connectivity index (χ2n) is 6.23. The molecule has 0 spiro atoms. The highest BCUT2D eigenvalue weighted by atomic mass is 16.2. The van der Waals surface area contributed by atoms with Crippen molar-refractivity contribution < 1.29 is 4.79 Å². The van der Waals surface area contributed by atoms with E-state index in [1.165, 1.54) is 0 Å². The Balaban J connectivity index is 1.58. The van der Waals surface area contributed by atoms with Crippen LogP contribution >= 0.6 is 0 Å². The summed E-state index contributed by atoms with van der Waals surface area (Å²) in [6.45, 7) is 5.66. The molecule has 1 amide bonds. The zero-order valence-corrected chi connectivity index (χ0v) is 13.7. The molecule has 1 fully saturated rings. The predicted molar refractivity (Wildman–Crippen MR) is 87.0 cm³/mol. The van der Waals surface area contributed by atoms with Crippen molar-refractivity contribution in [3.63, 3.8) is 0 Å². The number of aryl methyl sites for hydroxylation is 2. The molecule has 23 heavy (non-hydrogen) atoms. The molecular formula is C17H23N5O. The number of carbonyl (C=O) groups excluding carboxylic acids is 1. The maximum Gasteiger partial charge on any atom is 0.222 e. The summed E-state index contributed by atoms with van der Waals surface area (Å²) in [7, 11) is 0. The van der Waals surface area contributed by atoms with E-state index in [0.29, 0.717) is 18.8 Å². The van der Waals surface area contributed by atoms with Crippen LogP contribution in [-0.2, 0) is 11.2 Å². The minimum Gasteiger partial charge on any atom is -0.342 e. The van der Waals surface area contributed by atoms with Crippen molar-refractivity contribution >= 4 is 5.91 Å². The Morgan fingerprint density at radius 3 is 3.00 bits per heavy atom. The fourth-order valence-electron chi connectivity index (χ4n) is 3.15. The van der Waals surface area contributed by atoms with Crippen molar-refractivity contribution in [3.8, 4) is 0 Å². The first-order chi connectivity index (χ1) is 11.1. The molecule has 0 unspecified atom stereocenters. The standard InChI is InChI=1S/C17H23N5O/c1-12-13(2)20-21-15(12)5-6-17(23)22-9-3-4-14(10-22)16-7-8-18-11-19-16/h7-8,11,14H,3-6,9-10H2,1-2H3,(H,20,21)/t14-/m0/s1. The van der Waals surface area contributed by atoms with E-state index < -0.39 is 0 Å². The molecule has 2 aromatic heterocycles. The van der Waals surface area contributed by atoms with Gasteiger partial charge in [0.05, 0.1) is 5.69 Å². The van der Waals surface area contributed by atoms with Gasteiger partial charge in [-0.1, -0.05) is 0 Å². The van der Waals surface area contributed by atoms with Crippen LogP contribution in [0.15, 0.2) is 18.6 Å². The first-order valence-corrected chi connectivity index (χ1v) is 8.19. The van der Waals surface area contributed by atoms with Crippen molar-refractivity contribution in [2.24, 2.45) is 0 Å². The van der Waals surface area contributed by atoms with Crippen LogP contribution in [0.2, 0.25) is 0 Å². The Kier molecular flexibility index (Phi) is 4.69. The van der Waals surface area contributed by atoms with Gasteiger partial charge in [-0.25, -0.2) is 9.97 Å².